The molecule has 1 fully saturated rings. The molecule has 0 aromatic heterocycles. The van der Waals surface area contributed by atoms with Crippen molar-refractivity contribution in [1.82, 2.24) is 0 Å². The second-order valence-corrected chi connectivity index (χ2v) is 6.07. The van der Waals surface area contributed by atoms with Crippen LogP contribution in [0.1, 0.15) is 24.3 Å². The lowest BCUT2D eigenvalue weighted by atomic mass is 9.72. The molecule has 1 aromatic carbocycles. The van der Waals surface area contributed by atoms with E-state index < -0.39 is 23.8 Å². The van der Waals surface area contributed by atoms with Gasteiger partial charge in [-0.1, -0.05) is 46.3 Å². The quantitative estimate of drug-likeness (QED) is 0.837. The number of hydrogen-bond donors (Lipinski definition) is 2. The Labute approximate surface area is 119 Å². The van der Waals surface area contributed by atoms with E-state index in [1.54, 1.807) is 0 Å². The van der Waals surface area contributed by atoms with Crippen molar-refractivity contribution in [3.63, 3.8) is 0 Å². The van der Waals surface area contributed by atoms with Crippen molar-refractivity contribution in [2.75, 3.05) is 0 Å². The molecule has 0 aliphatic heterocycles. The van der Waals surface area contributed by atoms with Gasteiger partial charge in [-0.15, -0.1) is 0 Å². The van der Waals surface area contributed by atoms with E-state index in [1.165, 1.54) is 0 Å². The van der Waals surface area contributed by atoms with Crippen molar-refractivity contribution in [2.24, 2.45) is 11.8 Å². The third-order valence-corrected chi connectivity index (χ3v) is 4.78. The maximum absolute atomic E-state index is 11.3. The molecule has 2 rings (SSSR count). The Morgan fingerprint density at radius 2 is 1.53 bits per heavy atom. The van der Waals surface area contributed by atoms with Crippen LogP contribution in [0.4, 0.5) is 0 Å². The molecule has 4 unspecified atom stereocenters. The summed E-state index contributed by atoms with van der Waals surface area (Å²) in [4.78, 5) is 22.4. The number of benzene rings is 1. The smallest absolute Gasteiger partial charge is 0.307 e. The number of aliphatic carboxylic acids is 2. The average molecular weight is 327 g/mol. The Kier molecular flexibility index (Phi) is 4.24. The number of rotatable bonds is 3. The fourth-order valence-electron chi connectivity index (χ4n) is 2.75. The number of carboxylic acid groups (broad SMARTS) is 2. The van der Waals surface area contributed by atoms with Gasteiger partial charge in [0.05, 0.1) is 11.8 Å². The van der Waals surface area contributed by atoms with Gasteiger partial charge < -0.3 is 10.2 Å². The predicted molar refractivity (Wildman–Crippen MR) is 73.4 cm³/mol. The van der Waals surface area contributed by atoms with Crippen molar-refractivity contribution in [3.05, 3.63) is 35.9 Å². The number of carboxylic acids is 2. The van der Waals surface area contributed by atoms with Crippen LogP contribution in [-0.4, -0.2) is 27.0 Å². The van der Waals surface area contributed by atoms with Crippen LogP contribution in [0.15, 0.2) is 30.3 Å². The maximum atomic E-state index is 11.3. The molecule has 0 amide bonds. The highest BCUT2D eigenvalue weighted by Gasteiger charge is 2.43. The molecule has 0 saturated heterocycles. The molecule has 0 radical (unpaired) electrons. The third-order valence-electron chi connectivity index (χ3n) is 3.77. The highest BCUT2D eigenvalue weighted by Crippen LogP contribution is 2.43. The van der Waals surface area contributed by atoms with Gasteiger partial charge in [-0.3, -0.25) is 9.59 Å². The van der Waals surface area contributed by atoms with Crippen molar-refractivity contribution in [2.45, 2.75) is 23.6 Å². The van der Waals surface area contributed by atoms with Crippen LogP contribution >= 0.6 is 15.9 Å². The summed E-state index contributed by atoms with van der Waals surface area (Å²) < 4.78 is 0. The lowest BCUT2D eigenvalue weighted by molar-refractivity contribution is -0.155. The van der Waals surface area contributed by atoms with E-state index >= 15 is 0 Å². The molecule has 19 heavy (non-hydrogen) atoms. The van der Waals surface area contributed by atoms with Crippen molar-refractivity contribution in [1.29, 1.82) is 0 Å². The summed E-state index contributed by atoms with van der Waals surface area (Å²) in [7, 11) is 0. The van der Waals surface area contributed by atoms with Gasteiger partial charge in [0.15, 0.2) is 0 Å². The van der Waals surface area contributed by atoms with Gasteiger partial charge in [0, 0.05) is 4.83 Å². The molecule has 0 heterocycles. The van der Waals surface area contributed by atoms with Crippen molar-refractivity contribution in [3.8, 4) is 0 Å². The minimum Gasteiger partial charge on any atom is -0.481 e. The first kappa shape index (κ1) is 14.1. The summed E-state index contributed by atoms with van der Waals surface area (Å²) in [6, 6.07) is 9.64. The minimum atomic E-state index is -1.02. The first-order valence-electron chi connectivity index (χ1n) is 6.15. The normalized spacial score (nSPS) is 30.8. The Morgan fingerprint density at radius 1 is 1.00 bits per heavy atom. The van der Waals surface area contributed by atoms with Crippen LogP contribution in [0.5, 0.6) is 0 Å². The van der Waals surface area contributed by atoms with Gasteiger partial charge in [-0.05, 0) is 24.3 Å². The van der Waals surface area contributed by atoms with Crippen LogP contribution in [0.2, 0.25) is 0 Å². The van der Waals surface area contributed by atoms with Crippen molar-refractivity contribution >= 4 is 27.9 Å². The minimum absolute atomic E-state index is 0.00778. The van der Waals surface area contributed by atoms with E-state index in [0.717, 1.165) is 5.56 Å². The van der Waals surface area contributed by atoms with Gasteiger partial charge in [0.2, 0.25) is 0 Å². The Balaban J connectivity index is 2.25. The van der Waals surface area contributed by atoms with E-state index in [1.807, 2.05) is 30.3 Å². The molecule has 0 spiro atoms. The summed E-state index contributed by atoms with van der Waals surface area (Å²) in [6.45, 7) is 0. The van der Waals surface area contributed by atoms with Crippen LogP contribution in [0, 0.1) is 11.8 Å². The zero-order valence-electron chi connectivity index (χ0n) is 10.2. The fourth-order valence-corrected chi connectivity index (χ4v) is 3.67. The lowest BCUT2D eigenvalue weighted by Crippen LogP contribution is -2.39. The number of alkyl halides is 1. The van der Waals surface area contributed by atoms with E-state index in [4.69, 9.17) is 5.11 Å². The maximum Gasteiger partial charge on any atom is 0.307 e. The van der Waals surface area contributed by atoms with Gasteiger partial charge >= 0.3 is 11.9 Å². The second-order valence-electron chi connectivity index (χ2n) is 4.89. The first-order valence-corrected chi connectivity index (χ1v) is 7.07. The largest absolute Gasteiger partial charge is 0.481 e. The van der Waals surface area contributed by atoms with E-state index in [0.29, 0.717) is 12.8 Å². The summed E-state index contributed by atoms with van der Waals surface area (Å²) in [5, 5.41) is 18.4. The molecule has 2 N–H and O–H groups in total. The average Bonchev–Trinajstić information content (AvgIpc) is 2.39. The number of halogens is 1. The molecule has 1 aromatic rings. The first-order chi connectivity index (χ1) is 9.00. The second kappa shape index (κ2) is 5.74. The van der Waals surface area contributed by atoms with Crippen LogP contribution in [0.25, 0.3) is 0 Å². The predicted octanol–water partition coefficient (Wildman–Crippen LogP) is 2.73. The zero-order valence-corrected chi connectivity index (χ0v) is 11.8. The summed E-state index contributed by atoms with van der Waals surface area (Å²) in [6.07, 6.45) is 0.693. The van der Waals surface area contributed by atoms with Gasteiger partial charge in [-0.2, -0.15) is 0 Å². The standard InChI is InChI=1S/C14H15BrO4/c15-12-7-11(14(18)19)10(13(16)17)6-9(12)8-4-2-1-3-5-8/h1-5,9-12H,6-7H2,(H,16,17)(H,18,19). The molecule has 0 bridgehead atoms. The van der Waals surface area contributed by atoms with Crippen LogP contribution in [0.3, 0.4) is 0 Å². The SMILES string of the molecule is O=C(O)C1CC(Br)C(c2ccccc2)CC1C(=O)O. The van der Waals surface area contributed by atoms with Crippen molar-refractivity contribution < 1.29 is 19.8 Å². The highest BCUT2D eigenvalue weighted by atomic mass is 79.9. The van der Waals surface area contributed by atoms with E-state index in [-0.39, 0.29) is 10.7 Å². The molecule has 1 saturated carbocycles. The monoisotopic (exact) mass is 326 g/mol. The summed E-state index contributed by atoms with van der Waals surface area (Å²) >= 11 is 3.52. The third kappa shape index (κ3) is 2.97. The van der Waals surface area contributed by atoms with Gasteiger partial charge in [-0.25, -0.2) is 0 Å². The lowest BCUT2D eigenvalue weighted by Gasteiger charge is -2.35. The Hall–Kier alpha value is -1.36. The van der Waals surface area contributed by atoms with Crippen LogP contribution < -0.4 is 0 Å². The van der Waals surface area contributed by atoms with Gasteiger partial charge in [0.1, 0.15) is 0 Å². The van der Waals surface area contributed by atoms with Gasteiger partial charge in [0.25, 0.3) is 0 Å². The summed E-state index contributed by atoms with van der Waals surface area (Å²) in [5.41, 5.74) is 1.06. The topological polar surface area (TPSA) is 74.6 Å². The molecule has 1 aliphatic carbocycles. The number of carbonyl (C=O) groups is 2. The summed E-state index contributed by atoms with van der Waals surface area (Å²) in [5.74, 6) is -3.65. The zero-order chi connectivity index (χ0) is 14.0. The van der Waals surface area contributed by atoms with Crippen LogP contribution in [-0.2, 0) is 9.59 Å². The van der Waals surface area contributed by atoms with E-state index in [2.05, 4.69) is 15.9 Å². The molecule has 1 aliphatic rings. The molecule has 4 nitrogen and oxygen atoms in total. The molecule has 5 heteroatoms. The Morgan fingerprint density at radius 3 is 2.05 bits per heavy atom. The molecule has 4 atom stereocenters. The fraction of sp³-hybridized carbons (Fsp3) is 0.429. The number of hydrogen-bond acceptors (Lipinski definition) is 2. The van der Waals surface area contributed by atoms with E-state index in [9.17, 15) is 14.7 Å². The highest BCUT2D eigenvalue weighted by molar-refractivity contribution is 9.09. The Bertz CT molecular complexity index is 474. The molecular formula is C14H15BrO4. The molecular weight excluding hydrogens is 312 g/mol. The molecule has 102 valence electrons.